The van der Waals surface area contributed by atoms with Gasteiger partial charge < -0.3 is 10.2 Å². The molecule has 7 nitrogen and oxygen atoms in total. The minimum Gasteiger partial charge on any atom is -0.345 e. The number of rotatable bonds is 7. The predicted octanol–water partition coefficient (Wildman–Crippen LogP) is 3.84. The van der Waals surface area contributed by atoms with Crippen LogP contribution in [0.3, 0.4) is 0 Å². The third-order valence-electron chi connectivity index (χ3n) is 5.41. The van der Waals surface area contributed by atoms with Crippen LogP contribution in [-0.4, -0.2) is 51.3 Å². The number of anilines is 2. The number of aromatic nitrogens is 4. The highest BCUT2D eigenvalue weighted by Crippen LogP contribution is 2.47. The molecule has 1 aliphatic carbocycles. The number of benzene rings is 1. The summed E-state index contributed by atoms with van der Waals surface area (Å²) in [7, 11) is 3.45. The van der Waals surface area contributed by atoms with Crippen molar-refractivity contribution in [3.05, 3.63) is 54.0 Å². The average molecular weight is 408 g/mol. The number of aryl methyl sites for hydroxylation is 1. The first kappa shape index (κ1) is 20.0. The fourth-order valence-corrected chi connectivity index (χ4v) is 3.30. The maximum absolute atomic E-state index is 13.2. The van der Waals surface area contributed by atoms with E-state index in [4.69, 9.17) is 0 Å². The first-order valence-electron chi connectivity index (χ1n) is 9.90. The summed E-state index contributed by atoms with van der Waals surface area (Å²) in [5, 5.41) is 7.57. The Morgan fingerprint density at radius 3 is 2.60 bits per heavy atom. The molecule has 1 saturated carbocycles. The van der Waals surface area contributed by atoms with Crippen LogP contribution < -0.4 is 5.32 Å². The van der Waals surface area contributed by atoms with Crippen molar-refractivity contribution in [2.24, 2.45) is 5.41 Å². The standard InChI is InChI=1S/C22H25FN6O/c1-15-10-24-21(26-18-6-4-16(5-7-18)20(30)28(2)3)27-19(15)17-11-25-29(12-17)14-22(13-23)8-9-22/h4-7,10-12H,8-9,13-14H2,1-3H3,(H,24,26,27). The van der Waals surface area contributed by atoms with E-state index in [0.717, 1.165) is 35.3 Å². The lowest BCUT2D eigenvalue weighted by Crippen LogP contribution is -2.21. The highest BCUT2D eigenvalue weighted by atomic mass is 19.1. The zero-order valence-electron chi connectivity index (χ0n) is 17.4. The van der Waals surface area contributed by atoms with Gasteiger partial charge in [0.25, 0.3) is 5.91 Å². The second-order valence-electron chi connectivity index (χ2n) is 8.19. The fourth-order valence-electron chi connectivity index (χ4n) is 3.30. The van der Waals surface area contributed by atoms with Crippen molar-refractivity contribution in [2.45, 2.75) is 26.3 Å². The van der Waals surface area contributed by atoms with Gasteiger partial charge in [0.15, 0.2) is 0 Å². The minimum atomic E-state index is -0.304. The summed E-state index contributed by atoms with van der Waals surface area (Å²) in [6.07, 6.45) is 7.26. The summed E-state index contributed by atoms with van der Waals surface area (Å²) in [6.45, 7) is 2.24. The molecule has 3 aromatic rings. The Hall–Kier alpha value is -3.29. The van der Waals surface area contributed by atoms with Crippen LogP contribution in [0.15, 0.2) is 42.9 Å². The molecule has 0 saturated heterocycles. The summed E-state index contributed by atoms with van der Waals surface area (Å²) in [6, 6.07) is 7.18. The van der Waals surface area contributed by atoms with E-state index in [2.05, 4.69) is 20.4 Å². The molecule has 0 unspecified atom stereocenters. The topological polar surface area (TPSA) is 75.9 Å². The van der Waals surface area contributed by atoms with E-state index in [1.807, 2.05) is 25.3 Å². The largest absolute Gasteiger partial charge is 0.345 e. The molecule has 1 aliphatic rings. The van der Waals surface area contributed by atoms with Crippen LogP contribution >= 0.6 is 0 Å². The van der Waals surface area contributed by atoms with E-state index in [1.54, 1.807) is 43.3 Å². The number of halogens is 1. The first-order valence-corrected chi connectivity index (χ1v) is 9.90. The van der Waals surface area contributed by atoms with E-state index >= 15 is 0 Å². The highest BCUT2D eigenvalue weighted by Gasteiger charge is 2.43. The third kappa shape index (κ3) is 4.17. The molecule has 30 heavy (non-hydrogen) atoms. The van der Waals surface area contributed by atoms with Gasteiger partial charge in [0, 0.05) is 55.3 Å². The molecule has 1 amide bonds. The van der Waals surface area contributed by atoms with Crippen molar-refractivity contribution in [1.82, 2.24) is 24.6 Å². The van der Waals surface area contributed by atoms with Crippen molar-refractivity contribution < 1.29 is 9.18 Å². The van der Waals surface area contributed by atoms with Gasteiger partial charge in [-0.3, -0.25) is 13.9 Å². The SMILES string of the molecule is Cc1cnc(Nc2ccc(C(=O)N(C)C)cc2)nc1-c1cnn(CC2(CF)CC2)c1. The van der Waals surface area contributed by atoms with Crippen LogP contribution in [0.5, 0.6) is 0 Å². The summed E-state index contributed by atoms with van der Waals surface area (Å²) < 4.78 is 15.0. The quantitative estimate of drug-likeness (QED) is 0.643. The lowest BCUT2D eigenvalue weighted by atomic mass is 10.1. The van der Waals surface area contributed by atoms with Crippen molar-refractivity contribution in [3.8, 4) is 11.3 Å². The molecule has 0 atom stereocenters. The summed E-state index contributed by atoms with van der Waals surface area (Å²) >= 11 is 0. The van der Waals surface area contributed by atoms with E-state index in [-0.39, 0.29) is 18.0 Å². The number of hydrogen-bond acceptors (Lipinski definition) is 5. The fraction of sp³-hybridized carbons (Fsp3) is 0.364. The van der Waals surface area contributed by atoms with Gasteiger partial charge in [-0.2, -0.15) is 5.10 Å². The lowest BCUT2D eigenvalue weighted by molar-refractivity contribution is 0.0827. The number of carbonyl (C=O) groups is 1. The second-order valence-corrected chi connectivity index (χ2v) is 8.19. The van der Waals surface area contributed by atoms with Gasteiger partial charge in [0.1, 0.15) is 0 Å². The van der Waals surface area contributed by atoms with Gasteiger partial charge >= 0.3 is 0 Å². The maximum Gasteiger partial charge on any atom is 0.253 e. The number of hydrogen-bond donors (Lipinski definition) is 1. The number of amides is 1. The van der Waals surface area contributed by atoms with Crippen LogP contribution in [-0.2, 0) is 6.54 Å². The Kier molecular flexibility index (Phi) is 5.24. The van der Waals surface area contributed by atoms with Crippen LogP contribution in [0.2, 0.25) is 0 Å². The Balaban J connectivity index is 1.51. The molecule has 1 N–H and O–H groups in total. The number of nitrogens with one attached hydrogen (secondary N) is 1. The summed E-state index contributed by atoms with van der Waals surface area (Å²) in [5.41, 5.74) is 3.76. The third-order valence-corrected chi connectivity index (χ3v) is 5.41. The van der Waals surface area contributed by atoms with Crippen LogP contribution in [0, 0.1) is 12.3 Å². The summed E-state index contributed by atoms with van der Waals surface area (Å²) in [4.78, 5) is 22.6. The predicted molar refractivity (Wildman–Crippen MR) is 113 cm³/mol. The smallest absolute Gasteiger partial charge is 0.253 e. The molecule has 0 radical (unpaired) electrons. The molecule has 156 valence electrons. The van der Waals surface area contributed by atoms with Crippen LogP contribution in [0.1, 0.15) is 28.8 Å². The zero-order valence-corrected chi connectivity index (χ0v) is 17.4. The Bertz CT molecular complexity index is 1060. The summed E-state index contributed by atoms with van der Waals surface area (Å²) in [5.74, 6) is 0.408. The molecule has 2 aromatic heterocycles. The van der Waals surface area contributed by atoms with Crippen molar-refractivity contribution in [1.29, 1.82) is 0 Å². The molecular weight excluding hydrogens is 383 g/mol. The van der Waals surface area contributed by atoms with E-state index in [9.17, 15) is 9.18 Å². The highest BCUT2D eigenvalue weighted by molar-refractivity contribution is 5.94. The average Bonchev–Trinajstić information content (AvgIpc) is 3.37. The number of alkyl halides is 1. The molecule has 0 bridgehead atoms. The molecule has 1 aromatic carbocycles. The zero-order chi connectivity index (χ0) is 21.3. The van der Waals surface area contributed by atoms with Crippen LogP contribution in [0.4, 0.5) is 16.0 Å². The molecule has 0 spiro atoms. The van der Waals surface area contributed by atoms with E-state index in [1.165, 1.54) is 4.90 Å². The van der Waals surface area contributed by atoms with Gasteiger partial charge in [-0.15, -0.1) is 0 Å². The molecule has 8 heteroatoms. The van der Waals surface area contributed by atoms with Gasteiger partial charge in [0.05, 0.1) is 18.6 Å². The van der Waals surface area contributed by atoms with Crippen LogP contribution in [0.25, 0.3) is 11.3 Å². The Labute approximate surface area is 175 Å². The van der Waals surface area contributed by atoms with Gasteiger partial charge in [-0.05, 0) is 49.6 Å². The van der Waals surface area contributed by atoms with Crippen molar-refractivity contribution in [2.75, 3.05) is 26.1 Å². The molecule has 0 aliphatic heterocycles. The van der Waals surface area contributed by atoms with E-state index < -0.39 is 0 Å². The Morgan fingerprint density at radius 1 is 1.23 bits per heavy atom. The molecular formula is C22H25FN6O. The van der Waals surface area contributed by atoms with Gasteiger partial charge in [-0.25, -0.2) is 9.97 Å². The first-order chi connectivity index (χ1) is 14.4. The molecule has 2 heterocycles. The van der Waals surface area contributed by atoms with Gasteiger partial charge in [0.2, 0.25) is 5.95 Å². The Morgan fingerprint density at radius 2 is 1.97 bits per heavy atom. The lowest BCUT2D eigenvalue weighted by Gasteiger charge is -2.11. The monoisotopic (exact) mass is 408 g/mol. The minimum absolute atomic E-state index is 0.0480. The second kappa shape index (κ2) is 7.85. The number of nitrogens with zero attached hydrogens (tertiary/aromatic N) is 5. The normalized spacial score (nSPS) is 14.4. The van der Waals surface area contributed by atoms with Gasteiger partial charge in [-0.1, -0.05) is 0 Å². The molecule has 1 fully saturated rings. The number of carbonyl (C=O) groups excluding carboxylic acids is 1. The van der Waals surface area contributed by atoms with E-state index in [0.29, 0.717) is 18.1 Å². The van der Waals surface area contributed by atoms with Crippen molar-refractivity contribution >= 4 is 17.5 Å². The van der Waals surface area contributed by atoms with Crippen molar-refractivity contribution in [3.63, 3.8) is 0 Å². The maximum atomic E-state index is 13.2. The molecule has 4 rings (SSSR count).